The molecule has 9 nitrogen and oxygen atoms in total. The predicted octanol–water partition coefficient (Wildman–Crippen LogP) is 3.55. The normalized spacial score (nSPS) is 12.2. The van der Waals surface area contributed by atoms with Gasteiger partial charge in [0.2, 0.25) is 0 Å². The molecule has 0 aliphatic carbocycles. The van der Waals surface area contributed by atoms with E-state index in [1.54, 1.807) is 25.1 Å². The third-order valence-corrected chi connectivity index (χ3v) is 5.55. The first kappa shape index (κ1) is 20.8. The van der Waals surface area contributed by atoms with Crippen LogP contribution in [0, 0.1) is 6.92 Å². The van der Waals surface area contributed by atoms with E-state index in [0.29, 0.717) is 39.1 Å². The van der Waals surface area contributed by atoms with Crippen molar-refractivity contribution in [2.24, 2.45) is 0 Å². The summed E-state index contributed by atoms with van der Waals surface area (Å²) in [6.07, 6.45) is 1.30. The Balaban J connectivity index is 1.73. The van der Waals surface area contributed by atoms with Crippen molar-refractivity contribution in [1.29, 1.82) is 0 Å². The molecule has 0 radical (unpaired) electrons. The topological polar surface area (TPSA) is 118 Å². The highest BCUT2D eigenvalue weighted by molar-refractivity contribution is 6.35. The minimum absolute atomic E-state index is 0.229. The van der Waals surface area contributed by atoms with E-state index in [2.05, 4.69) is 25.3 Å². The van der Waals surface area contributed by atoms with Crippen molar-refractivity contribution in [3.63, 3.8) is 0 Å². The van der Waals surface area contributed by atoms with E-state index in [1.807, 2.05) is 37.3 Å². The summed E-state index contributed by atoms with van der Waals surface area (Å²) in [6.45, 7) is 3.56. The molecule has 164 valence electrons. The molecule has 0 fully saturated rings. The third kappa shape index (κ3) is 3.62. The molecule has 3 heterocycles. The van der Waals surface area contributed by atoms with Gasteiger partial charge >= 0.3 is 0 Å². The van der Waals surface area contributed by atoms with Gasteiger partial charge in [-0.15, -0.1) is 0 Å². The van der Waals surface area contributed by atoms with Gasteiger partial charge in [0.1, 0.15) is 22.9 Å². The van der Waals surface area contributed by atoms with Gasteiger partial charge in [-0.05, 0) is 38.1 Å². The molecule has 0 amide bonds. The van der Waals surface area contributed by atoms with Gasteiger partial charge in [-0.25, -0.2) is 19.9 Å². The summed E-state index contributed by atoms with van der Waals surface area (Å²) < 4.78 is 1.52. The average Bonchev–Trinajstić information content (AvgIpc) is 2.79. The van der Waals surface area contributed by atoms with E-state index in [0.717, 1.165) is 0 Å². The van der Waals surface area contributed by atoms with Crippen LogP contribution in [0.25, 0.3) is 27.6 Å². The van der Waals surface area contributed by atoms with E-state index in [-0.39, 0.29) is 22.2 Å². The summed E-state index contributed by atoms with van der Waals surface area (Å²) in [5.74, 6) is 1.19. The van der Waals surface area contributed by atoms with Gasteiger partial charge in [0.15, 0.2) is 5.65 Å². The molecule has 0 aliphatic heterocycles. The fraction of sp³-hybridized carbons (Fsp3) is 0.130. The van der Waals surface area contributed by atoms with Gasteiger partial charge in [-0.1, -0.05) is 35.9 Å². The molecule has 1 atom stereocenters. The Kier molecular flexibility index (Phi) is 5.10. The molecule has 0 unspecified atom stereocenters. The van der Waals surface area contributed by atoms with Gasteiger partial charge in [0, 0.05) is 0 Å². The minimum atomic E-state index is -0.515. The number of para-hydroxylation sites is 1. The fourth-order valence-electron chi connectivity index (χ4n) is 3.78. The van der Waals surface area contributed by atoms with Crippen LogP contribution in [0.5, 0.6) is 0 Å². The second-order valence-corrected chi connectivity index (χ2v) is 7.90. The summed E-state index contributed by atoms with van der Waals surface area (Å²) in [5, 5.41) is 4.13. The number of hydrogen-bond donors (Lipinski definition) is 2. The average molecular weight is 460 g/mol. The maximum atomic E-state index is 13.6. The monoisotopic (exact) mass is 459 g/mol. The van der Waals surface area contributed by atoms with Crippen molar-refractivity contribution in [2.45, 2.75) is 19.9 Å². The summed E-state index contributed by atoms with van der Waals surface area (Å²) in [5.41, 5.74) is 0.743. The summed E-state index contributed by atoms with van der Waals surface area (Å²) in [7, 11) is 0. The third-order valence-electron chi connectivity index (χ3n) is 5.24. The van der Waals surface area contributed by atoms with E-state index < -0.39 is 6.04 Å². The lowest BCUT2D eigenvalue weighted by Crippen LogP contribution is -2.28. The van der Waals surface area contributed by atoms with Gasteiger partial charge < -0.3 is 10.3 Å². The molecule has 0 bridgehead atoms. The van der Waals surface area contributed by atoms with E-state index in [4.69, 9.17) is 16.6 Å². The van der Waals surface area contributed by atoms with Crippen molar-refractivity contribution < 1.29 is 0 Å². The number of aromatic nitrogens is 6. The number of anilines is 1. The van der Waals surface area contributed by atoms with Crippen molar-refractivity contribution in [3.8, 4) is 5.69 Å². The molecule has 33 heavy (non-hydrogen) atoms. The van der Waals surface area contributed by atoms with Gasteiger partial charge in [0.05, 0.1) is 34.0 Å². The first-order valence-electron chi connectivity index (χ1n) is 10.2. The SMILES string of the molecule is Cc1nc(N[C@@H](C)c2nc3cccc(Cl)c3c(=O)n2-c2ccccc2)c2c(=O)[nH]cnc2n1. The summed E-state index contributed by atoms with van der Waals surface area (Å²) >= 11 is 6.35. The van der Waals surface area contributed by atoms with Crippen LogP contribution < -0.4 is 16.4 Å². The van der Waals surface area contributed by atoms with Crippen molar-refractivity contribution in [3.05, 3.63) is 92.2 Å². The standard InChI is InChI=1S/C23H18ClN7O2/c1-12(27-20-18-19(28-13(2)29-20)25-11-26-22(18)32)21-30-16-10-6-9-15(24)17(16)23(33)31(21)14-7-4-3-5-8-14/h3-12H,1-2H3,(H2,25,26,27,28,29,32)/t12-/m0/s1. The highest BCUT2D eigenvalue weighted by atomic mass is 35.5. The van der Waals surface area contributed by atoms with E-state index in [9.17, 15) is 9.59 Å². The number of hydrogen-bond acceptors (Lipinski definition) is 7. The number of aromatic amines is 1. The first-order valence-corrected chi connectivity index (χ1v) is 10.6. The number of nitrogens with one attached hydrogen (secondary N) is 2. The zero-order valence-corrected chi connectivity index (χ0v) is 18.5. The second-order valence-electron chi connectivity index (χ2n) is 7.50. The largest absolute Gasteiger partial charge is 0.360 e. The molecule has 0 saturated heterocycles. The predicted molar refractivity (Wildman–Crippen MR) is 127 cm³/mol. The maximum Gasteiger partial charge on any atom is 0.267 e. The fourth-order valence-corrected chi connectivity index (χ4v) is 4.03. The van der Waals surface area contributed by atoms with Gasteiger partial charge in [0.25, 0.3) is 11.1 Å². The zero-order valence-electron chi connectivity index (χ0n) is 17.7. The molecular weight excluding hydrogens is 442 g/mol. The van der Waals surface area contributed by atoms with Crippen LogP contribution in [0.2, 0.25) is 5.02 Å². The lowest BCUT2D eigenvalue weighted by molar-refractivity contribution is 0.731. The smallest absolute Gasteiger partial charge is 0.267 e. The molecule has 0 spiro atoms. The molecule has 2 aromatic carbocycles. The molecule has 5 rings (SSSR count). The molecular formula is C23H18ClN7O2. The number of nitrogens with zero attached hydrogens (tertiary/aromatic N) is 5. The molecule has 2 N–H and O–H groups in total. The Hall–Kier alpha value is -4.11. The van der Waals surface area contributed by atoms with Gasteiger partial charge in [-0.3, -0.25) is 14.2 Å². The number of H-pyrrole nitrogens is 1. The number of rotatable bonds is 4. The van der Waals surface area contributed by atoms with E-state index >= 15 is 0 Å². The Morgan fingerprint density at radius 3 is 2.58 bits per heavy atom. The second kappa shape index (κ2) is 8.10. The maximum absolute atomic E-state index is 13.6. The number of halogens is 1. The molecule has 0 aliphatic rings. The van der Waals surface area contributed by atoms with Crippen LogP contribution in [-0.2, 0) is 0 Å². The highest BCUT2D eigenvalue weighted by Gasteiger charge is 2.21. The van der Waals surface area contributed by atoms with Crippen LogP contribution >= 0.6 is 11.6 Å². The van der Waals surface area contributed by atoms with Crippen LogP contribution in [0.3, 0.4) is 0 Å². The number of aryl methyl sites for hydroxylation is 1. The Labute approximate surface area is 192 Å². The van der Waals surface area contributed by atoms with E-state index in [1.165, 1.54) is 10.9 Å². The minimum Gasteiger partial charge on any atom is -0.360 e. The molecule has 3 aromatic heterocycles. The lowest BCUT2D eigenvalue weighted by atomic mass is 10.2. The van der Waals surface area contributed by atoms with Crippen LogP contribution in [-0.4, -0.2) is 29.5 Å². The summed E-state index contributed by atoms with van der Waals surface area (Å²) in [6, 6.07) is 13.8. The Bertz CT molecular complexity index is 1630. The summed E-state index contributed by atoms with van der Waals surface area (Å²) in [4.78, 5) is 46.2. The Morgan fingerprint density at radius 1 is 1.00 bits per heavy atom. The van der Waals surface area contributed by atoms with Crippen molar-refractivity contribution in [2.75, 3.05) is 5.32 Å². The Morgan fingerprint density at radius 2 is 1.79 bits per heavy atom. The van der Waals surface area contributed by atoms with Crippen LogP contribution in [0.1, 0.15) is 24.6 Å². The quantitative estimate of drug-likeness (QED) is 0.422. The zero-order chi connectivity index (χ0) is 23.1. The molecule has 0 saturated carbocycles. The van der Waals surface area contributed by atoms with Crippen LogP contribution in [0.4, 0.5) is 5.82 Å². The lowest BCUT2D eigenvalue weighted by Gasteiger charge is -2.20. The first-order chi connectivity index (χ1) is 15.9. The number of fused-ring (bicyclic) bond motifs is 2. The number of benzene rings is 2. The molecule has 10 heteroatoms. The van der Waals surface area contributed by atoms with Crippen LogP contribution in [0.15, 0.2) is 64.4 Å². The van der Waals surface area contributed by atoms with Crippen molar-refractivity contribution >= 4 is 39.4 Å². The molecule has 5 aromatic rings. The van der Waals surface area contributed by atoms with Crippen molar-refractivity contribution in [1.82, 2.24) is 29.5 Å². The highest BCUT2D eigenvalue weighted by Crippen LogP contribution is 2.25. The van der Waals surface area contributed by atoms with Gasteiger partial charge in [-0.2, -0.15) is 0 Å².